The molecule has 98 valence electrons. The fourth-order valence-electron chi connectivity index (χ4n) is 1.47. The van der Waals surface area contributed by atoms with Crippen LogP contribution in [0.5, 0.6) is 0 Å². The SMILES string of the molecule is COC(=O)c1nc(Cl)c(-c2cccc(Cl)c2)c(Cl)n1. The Bertz CT molecular complexity index is 624. The maximum atomic E-state index is 11.3. The highest BCUT2D eigenvalue weighted by Gasteiger charge is 2.18. The van der Waals surface area contributed by atoms with Gasteiger partial charge in [-0.25, -0.2) is 14.8 Å². The van der Waals surface area contributed by atoms with E-state index >= 15 is 0 Å². The largest absolute Gasteiger partial charge is 0.463 e. The Kier molecular flexibility index (Phi) is 4.24. The Balaban J connectivity index is 2.57. The van der Waals surface area contributed by atoms with E-state index in [0.717, 1.165) is 0 Å². The second kappa shape index (κ2) is 5.74. The minimum absolute atomic E-state index is 0.0580. The molecule has 1 aromatic heterocycles. The van der Waals surface area contributed by atoms with Gasteiger partial charge in [-0.1, -0.05) is 46.9 Å². The lowest BCUT2D eigenvalue weighted by Crippen LogP contribution is -2.08. The number of rotatable bonds is 2. The predicted molar refractivity (Wildman–Crippen MR) is 73.8 cm³/mol. The number of halogens is 3. The van der Waals surface area contributed by atoms with Crippen LogP contribution in [-0.4, -0.2) is 23.0 Å². The lowest BCUT2D eigenvalue weighted by Gasteiger charge is -2.07. The lowest BCUT2D eigenvalue weighted by molar-refractivity contribution is 0.0586. The molecular formula is C12H7Cl3N2O2. The molecule has 0 spiro atoms. The van der Waals surface area contributed by atoms with Gasteiger partial charge in [0.25, 0.3) is 0 Å². The van der Waals surface area contributed by atoms with E-state index in [1.165, 1.54) is 7.11 Å². The molecule has 1 heterocycles. The monoisotopic (exact) mass is 316 g/mol. The summed E-state index contributed by atoms with van der Waals surface area (Å²) < 4.78 is 4.51. The summed E-state index contributed by atoms with van der Waals surface area (Å²) in [5.74, 6) is -0.898. The van der Waals surface area contributed by atoms with Gasteiger partial charge < -0.3 is 4.74 Å². The van der Waals surface area contributed by atoms with Crippen LogP contribution >= 0.6 is 34.8 Å². The third kappa shape index (κ3) is 2.97. The lowest BCUT2D eigenvalue weighted by atomic mass is 10.1. The van der Waals surface area contributed by atoms with Crippen LogP contribution in [-0.2, 0) is 4.74 Å². The zero-order chi connectivity index (χ0) is 14.0. The fraction of sp³-hybridized carbons (Fsp3) is 0.0833. The van der Waals surface area contributed by atoms with Crippen molar-refractivity contribution in [1.82, 2.24) is 9.97 Å². The zero-order valence-electron chi connectivity index (χ0n) is 9.65. The van der Waals surface area contributed by atoms with Crippen LogP contribution in [0.3, 0.4) is 0 Å². The molecule has 1 aromatic carbocycles. The molecule has 0 amide bonds. The number of benzene rings is 1. The highest BCUT2D eigenvalue weighted by Crippen LogP contribution is 2.33. The molecule has 0 unspecified atom stereocenters. The molecule has 0 fully saturated rings. The van der Waals surface area contributed by atoms with Gasteiger partial charge in [-0.05, 0) is 17.7 Å². The zero-order valence-corrected chi connectivity index (χ0v) is 11.9. The summed E-state index contributed by atoms with van der Waals surface area (Å²) in [4.78, 5) is 19.1. The maximum absolute atomic E-state index is 11.3. The third-order valence-corrected chi connectivity index (χ3v) is 3.08. The van der Waals surface area contributed by atoms with E-state index < -0.39 is 5.97 Å². The highest BCUT2D eigenvalue weighted by atomic mass is 35.5. The first kappa shape index (κ1) is 14.1. The van der Waals surface area contributed by atoms with Crippen molar-refractivity contribution in [1.29, 1.82) is 0 Å². The van der Waals surface area contributed by atoms with Gasteiger partial charge in [0, 0.05) is 5.02 Å². The number of hydrogen-bond donors (Lipinski definition) is 0. The standard InChI is InChI=1S/C12H7Cl3N2O2/c1-19-12(18)11-16-9(14)8(10(15)17-11)6-3-2-4-7(13)5-6/h2-5H,1H3. The predicted octanol–water partition coefficient (Wildman–Crippen LogP) is 3.89. The van der Waals surface area contributed by atoms with E-state index in [1.54, 1.807) is 24.3 Å². The smallest absolute Gasteiger partial charge is 0.376 e. The van der Waals surface area contributed by atoms with Gasteiger partial charge in [0.1, 0.15) is 10.3 Å². The average Bonchev–Trinajstić information content (AvgIpc) is 2.37. The van der Waals surface area contributed by atoms with Gasteiger partial charge >= 0.3 is 5.97 Å². The van der Waals surface area contributed by atoms with Crippen LogP contribution in [0, 0.1) is 0 Å². The third-order valence-electron chi connectivity index (χ3n) is 2.30. The molecule has 2 rings (SSSR count). The number of carbonyl (C=O) groups excluding carboxylic acids is 1. The van der Waals surface area contributed by atoms with E-state index in [2.05, 4.69) is 14.7 Å². The summed E-state index contributed by atoms with van der Waals surface area (Å²) in [6, 6.07) is 6.91. The number of nitrogens with zero attached hydrogens (tertiary/aromatic N) is 2. The summed E-state index contributed by atoms with van der Waals surface area (Å²) in [6.07, 6.45) is 0. The van der Waals surface area contributed by atoms with Gasteiger partial charge in [-0.2, -0.15) is 0 Å². The van der Waals surface area contributed by atoms with E-state index in [1.807, 2.05) is 0 Å². The molecule has 0 saturated heterocycles. The van der Waals surface area contributed by atoms with E-state index in [4.69, 9.17) is 34.8 Å². The Labute approximate surface area is 124 Å². The molecule has 7 heteroatoms. The molecule has 0 aliphatic rings. The summed E-state index contributed by atoms with van der Waals surface area (Å²) in [5, 5.41) is 0.645. The van der Waals surface area contributed by atoms with Crippen LogP contribution in [0.4, 0.5) is 0 Å². The molecule has 0 N–H and O–H groups in total. The first-order valence-corrected chi connectivity index (χ1v) is 6.23. The van der Waals surface area contributed by atoms with Gasteiger partial charge in [0.2, 0.25) is 5.82 Å². The quantitative estimate of drug-likeness (QED) is 0.623. The molecule has 19 heavy (non-hydrogen) atoms. The van der Waals surface area contributed by atoms with Crippen molar-refractivity contribution >= 4 is 40.8 Å². The normalized spacial score (nSPS) is 10.3. The van der Waals surface area contributed by atoms with Gasteiger partial charge in [-0.3, -0.25) is 0 Å². The number of hydrogen-bond acceptors (Lipinski definition) is 4. The Morgan fingerprint density at radius 1 is 1.16 bits per heavy atom. The van der Waals surface area contributed by atoms with Crippen LogP contribution in [0.25, 0.3) is 11.1 Å². The molecule has 0 aliphatic heterocycles. The van der Waals surface area contributed by atoms with E-state index in [9.17, 15) is 4.79 Å². The second-order valence-electron chi connectivity index (χ2n) is 3.51. The van der Waals surface area contributed by atoms with Crippen molar-refractivity contribution in [2.45, 2.75) is 0 Å². The molecular weight excluding hydrogens is 311 g/mol. The van der Waals surface area contributed by atoms with Crippen LogP contribution in [0.2, 0.25) is 15.3 Å². The number of aromatic nitrogens is 2. The minimum atomic E-state index is -0.707. The summed E-state index contributed by atoms with van der Waals surface area (Å²) in [6.45, 7) is 0. The van der Waals surface area contributed by atoms with Crippen molar-refractivity contribution in [2.75, 3.05) is 7.11 Å². The second-order valence-corrected chi connectivity index (χ2v) is 4.66. The van der Waals surface area contributed by atoms with Crippen LogP contribution < -0.4 is 0 Å². The van der Waals surface area contributed by atoms with Gasteiger partial charge in [-0.15, -0.1) is 0 Å². The Hall–Kier alpha value is -1.36. The Morgan fingerprint density at radius 2 is 1.79 bits per heavy atom. The number of carbonyl (C=O) groups is 1. The van der Waals surface area contributed by atoms with Crippen molar-refractivity contribution in [3.63, 3.8) is 0 Å². The molecule has 2 aromatic rings. The van der Waals surface area contributed by atoms with Crippen LogP contribution in [0.15, 0.2) is 24.3 Å². The molecule has 0 bridgehead atoms. The first-order valence-electron chi connectivity index (χ1n) is 5.10. The van der Waals surface area contributed by atoms with Crippen molar-refractivity contribution in [3.8, 4) is 11.1 Å². The number of ether oxygens (including phenoxy) is 1. The topological polar surface area (TPSA) is 52.1 Å². The highest BCUT2D eigenvalue weighted by molar-refractivity contribution is 6.38. The van der Waals surface area contributed by atoms with Crippen molar-refractivity contribution in [2.24, 2.45) is 0 Å². The Morgan fingerprint density at radius 3 is 2.32 bits per heavy atom. The van der Waals surface area contributed by atoms with Crippen molar-refractivity contribution < 1.29 is 9.53 Å². The molecule has 0 aliphatic carbocycles. The maximum Gasteiger partial charge on any atom is 0.376 e. The fourth-order valence-corrected chi connectivity index (χ4v) is 2.27. The number of esters is 1. The first-order chi connectivity index (χ1) is 9.02. The molecule has 0 saturated carbocycles. The molecule has 0 radical (unpaired) electrons. The van der Waals surface area contributed by atoms with E-state index in [0.29, 0.717) is 16.1 Å². The van der Waals surface area contributed by atoms with Gasteiger partial charge in [0.15, 0.2) is 0 Å². The molecule has 0 atom stereocenters. The summed E-state index contributed by atoms with van der Waals surface area (Å²) in [5.41, 5.74) is 1.08. The van der Waals surface area contributed by atoms with Gasteiger partial charge in [0.05, 0.1) is 12.7 Å². The molecule has 4 nitrogen and oxygen atoms in total. The van der Waals surface area contributed by atoms with Crippen molar-refractivity contribution in [3.05, 3.63) is 45.4 Å². The number of methoxy groups -OCH3 is 1. The average molecular weight is 318 g/mol. The minimum Gasteiger partial charge on any atom is -0.463 e. The van der Waals surface area contributed by atoms with Crippen LogP contribution in [0.1, 0.15) is 10.6 Å². The summed E-state index contributed by atoms with van der Waals surface area (Å²) >= 11 is 18.0. The summed E-state index contributed by atoms with van der Waals surface area (Å²) in [7, 11) is 1.22. The van der Waals surface area contributed by atoms with E-state index in [-0.39, 0.29) is 16.1 Å².